The number of ketones is 1. The Morgan fingerprint density at radius 1 is 1.50 bits per heavy atom. The van der Waals surface area contributed by atoms with Crippen LogP contribution in [0.4, 0.5) is 4.39 Å². The van der Waals surface area contributed by atoms with Crippen molar-refractivity contribution in [3.05, 3.63) is 34.6 Å². The van der Waals surface area contributed by atoms with Gasteiger partial charge in [-0.3, -0.25) is 4.79 Å². The second-order valence-electron chi connectivity index (χ2n) is 3.65. The summed E-state index contributed by atoms with van der Waals surface area (Å²) < 4.78 is 13.2. The van der Waals surface area contributed by atoms with Crippen LogP contribution in [0, 0.1) is 11.7 Å². The second kappa shape index (κ2) is 4.56. The Morgan fingerprint density at radius 3 is 2.71 bits per heavy atom. The lowest BCUT2D eigenvalue weighted by atomic mass is 10.0. The molecule has 0 radical (unpaired) electrons. The number of Topliss-reactive ketones (excluding diaryl/α,β-unsaturated/α-hetero) is 1. The predicted molar refractivity (Wildman–Crippen MR) is 55.2 cm³/mol. The van der Waals surface area contributed by atoms with Crippen LogP contribution in [-0.2, 0) is 0 Å². The average molecular weight is 215 g/mol. The Kier molecular flexibility index (Phi) is 3.64. The minimum absolute atomic E-state index is 0.0891. The molecule has 1 rings (SSSR count). The van der Waals surface area contributed by atoms with E-state index in [-0.39, 0.29) is 17.3 Å². The third-order valence-corrected chi connectivity index (χ3v) is 2.06. The van der Waals surface area contributed by atoms with Crippen LogP contribution in [0.2, 0.25) is 5.02 Å². The maximum Gasteiger partial charge on any atom is 0.166 e. The highest BCUT2D eigenvalue weighted by Crippen LogP contribution is 2.17. The van der Waals surface area contributed by atoms with Gasteiger partial charge in [0.05, 0.1) is 5.56 Å². The fourth-order valence-corrected chi connectivity index (χ4v) is 1.36. The van der Waals surface area contributed by atoms with E-state index < -0.39 is 5.82 Å². The first kappa shape index (κ1) is 11.2. The number of rotatable bonds is 3. The summed E-state index contributed by atoms with van der Waals surface area (Å²) in [5.41, 5.74) is 0.0891. The predicted octanol–water partition coefficient (Wildman–Crippen LogP) is 3.71. The number of benzene rings is 1. The van der Waals surface area contributed by atoms with Gasteiger partial charge >= 0.3 is 0 Å². The van der Waals surface area contributed by atoms with Crippen LogP contribution in [0.3, 0.4) is 0 Å². The van der Waals surface area contributed by atoms with Gasteiger partial charge in [0, 0.05) is 11.4 Å². The molecule has 0 aliphatic carbocycles. The molecule has 14 heavy (non-hydrogen) atoms. The highest BCUT2D eigenvalue weighted by Gasteiger charge is 2.13. The highest BCUT2D eigenvalue weighted by molar-refractivity contribution is 6.31. The summed E-state index contributed by atoms with van der Waals surface area (Å²) in [6.45, 7) is 3.83. The Bertz CT molecular complexity index is 347. The number of hydrogen-bond acceptors (Lipinski definition) is 1. The van der Waals surface area contributed by atoms with Gasteiger partial charge in [0.15, 0.2) is 5.78 Å². The molecule has 0 amide bonds. The van der Waals surface area contributed by atoms with E-state index in [4.69, 9.17) is 11.6 Å². The van der Waals surface area contributed by atoms with Crippen LogP contribution in [0.25, 0.3) is 0 Å². The summed E-state index contributed by atoms with van der Waals surface area (Å²) in [5, 5.41) is 0.388. The minimum Gasteiger partial charge on any atom is -0.294 e. The van der Waals surface area contributed by atoms with E-state index >= 15 is 0 Å². The lowest BCUT2D eigenvalue weighted by molar-refractivity contribution is 0.0964. The first-order valence-electron chi connectivity index (χ1n) is 4.49. The SMILES string of the molecule is CC(C)CC(=O)c1cc(Cl)ccc1F. The van der Waals surface area contributed by atoms with Crippen molar-refractivity contribution in [1.29, 1.82) is 0 Å². The number of carbonyl (C=O) groups excluding carboxylic acids is 1. The lowest BCUT2D eigenvalue weighted by Crippen LogP contribution is -2.05. The Balaban J connectivity index is 2.94. The van der Waals surface area contributed by atoms with Gasteiger partial charge < -0.3 is 0 Å². The van der Waals surface area contributed by atoms with Crippen molar-refractivity contribution in [2.45, 2.75) is 20.3 Å². The van der Waals surface area contributed by atoms with Gasteiger partial charge in [-0.15, -0.1) is 0 Å². The largest absolute Gasteiger partial charge is 0.294 e. The van der Waals surface area contributed by atoms with Crippen molar-refractivity contribution >= 4 is 17.4 Å². The number of carbonyl (C=O) groups is 1. The molecule has 0 saturated heterocycles. The topological polar surface area (TPSA) is 17.1 Å². The van der Waals surface area contributed by atoms with E-state index in [1.165, 1.54) is 18.2 Å². The van der Waals surface area contributed by atoms with Gasteiger partial charge in [0.2, 0.25) is 0 Å². The molecule has 1 nitrogen and oxygen atoms in total. The van der Waals surface area contributed by atoms with Crippen molar-refractivity contribution in [2.75, 3.05) is 0 Å². The molecule has 0 aromatic heterocycles. The van der Waals surface area contributed by atoms with Crippen LogP contribution in [0.15, 0.2) is 18.2 Å². The molecular weight excluding hydrogens is 203 g/mol. The Morgan fingerprint density at radius 2 is 2.14 bits per heavy atom. The minimum atomic E-state index is -0.500. The van der Waals surface area contributed by atoms with Gasteiger partial charge in [-0.05, 0) is 24.1 Å². The van der Waals surface area contributed by atoms with Gasteiger partial charge in [0.25, 0.3) is 0 Å². The van der Waals surface area contributed by atoms with E-state index in [0.29, 0.717) is 11.4 Å². The fraction of sp³-hybridized carbons (Fsp3) is 0.364. The lowest BCUT2D eigenvalue weighted by Gasteiger charge is -2.05. The molecule has 0 atom stereocenters. The quantitative estimate of drug-likeness (QED) is 0.701. The van der Waals surface area contributed by atoms with Gasteiger partial charge in [0.1, 0.15) is 5.82 Å². The first-order chi connectivity index (χ1) is 6.50. The molecule has 76 valence electrons. The molecule has 0 heterocycles. The molecule has 1 aromatic rings. The summed E-state index contributed by atoms with van der Waals surface area (Å²) in [7, 11) is 0. The summed E-state index contributed by atoms with van der Waals surface area (Å²) in [6.07, 6.45) is 0.345. The molecule has 0 aliphatic rings. The third-order valence-electron chi connectivity index (χ3n) is 1.82. The standard InChI is InChI=1S/C11H12ClFO/c1-7(2)5-11(14)9-6-8(12)3-4-10(9)13/h3-4,6-7H,5H2,1-2H3. The normalized spacial score (nSPS) is 10.6. The summed E-state index contributed by atoms with van der Waals surface area (Å²) in [5.74, 6) is -0.471. The second-order valence-corrected chi connectivity index (χ2v) is 4.08. The van der Waals surface area contributed by atoms with E-state index in [0.717, 1.165) is 0 Å². The van der Waals surface area contributed by atoms with Crippen molar-refractivity contribution in [3.63, 3.8) is 0 Å². The Labute approximate surface area is 87.9 Å². The summed E-state index contributed by atoms with van der Waals surface area (Å²) in [4.78, 5) is 11.5. The van der Waals surface area contributed by atoms with E-state index in [2.05, 4.69) is 0 Å². The monoisotopic (exact) mass is 214 g/mol. The van der Waals surface area contributed by atoms with Crippen molar-refractivity contribution < 1.29 is 9.18 Å². The van der Waals surface area contributed by atoms with Crippen LogP contribution >= 0.6 is 11.6 Å². The van der Waals surface area contributed by atoms with Gasteiger partial charge in [-0.2, -0.15) is 0 Å². The summed E-state index contributed by atoms with van der Waals surface area (Å²) >= 11 is 5.68. The maximum absolute atomic E-state index is 13.2. The molecular formula is C11H12ClFO. The van der Waals surface area contributed by atoms with Crippen LogP contribution in [0.1, 0.15) is 30.6 Å². The van der Waals surface area contributed by atoms with Crippen molar-refractivity contribution in [3.8, 4) is 0 Å². The zero-order valence-corrected chi connectivity index (χ0v) is 8.94. The summed E-state index contributed by atoms with van der Waals surface area (Å²) in [6, 6.07) is 4.03. The van der Waals surface area contributed by atoms with Crippen LogP contribution in [-0.4, -0.2) is 5.78 Å². The van der Waals surface area contributed by atoms with Crippen LogP contribution < -0.4 is 0 Å². The molecule has 3 heteroatoms. The van der Waals surface area contributed by atoms with Crippen molar-refractivity contribution in [1.82, 2.24) is 0 Å². The molecule has 0 spiro atoms. The molecule has 0 bridgehead atoms. The maximum atomic E-state index is 13.2. The first-order valence-corrected chi connectivity index (χ1v) is 4.86. The fourth-order valence-electron chi connectivity index (χ4n) is 1.19. The van der Waals surface area contributed by atoms with Gasteiger partial charge in [-0.1, -0.05) is 25.4 Å². The number of hydrogen-bond donors (Lipinski definition) is 0. The zero-order valence-electron chi connectivity index (χ0n) is 8.18. The smallest absolute Gasteiger partial charge is 0.166 e. The third kappa shape index (κ3) is 2.81. The zero-order chi connectivity index (χ0) is 10.7. The van der Waals surface area contributed by atoms with Gasteiger partial charge in [-0.25, -0.2) is 4.39 Å². The van der Waals surface area contributed by atoms with E-state index in [9.17, 15) is 9.18 Å². The molecule has 1 aromatic carbocycles. The molecule has 0 unspecified atom stereocenters. The van der Waals surface area contributed by atoms with Crippen LogP contribution in [0.5, 0.6) is 0 Å². The number of halogens is 2. The molecule has 0 saturated carbocycles. The van der Waals surface area contributed by atoms with E-state index in [1.807, 2.05) is 13.8 Å². The molecule has 0 aliphatic heterocycles. The van der Waals surface area contributed by atoms with E-state index in [1.54, 1.807) is 0 Å². The highest BCUT2D eigenvalue weighted by atomic mass is 35.5. The molecule has 0 fully saturated rings. The average Bonchev–Trinajstić information content (AvgIpc) is 2.08. The Hall–Kier alpha value is -0.890. The van der Waals surface area contributed by atoms with Crippen molar-refractivity contribution in [2.24, 2.45) is 5.92 Å². The molecule has 0 N–H and O–H groups in total.